The van der Waals surface area contributed by atoms with E-state index in [1.165, 1.54) is 16.3 Å². The molecular formula is C25H23N5O2. The van der Waals surface area contributed by atoms with Crippen LogP contribution in [0.2, 0.25) is 0 Å². The number of fused-ring (bicyclic) bond motifs is 3. The van der Waals surface area contributed by atoms with Crippen LogP contribution in [0.4, 0.5) is 0 Å². The van der Waals surface area contributed by atoms with E-state index in [1.807, 2.05) is 42.7 Å². The molecule has 160 valence electrons. The maximum atomic E-state index is 12.4. The lowest BCUT2D eigenvalue weighted by atomic mass is 10.0. The Morgan fingerprint density at radius 1 is 0.969 bits per heavy atom. The third-order valence-electron chi connectivity index (χ3n) is 5.93. The smallest absolute Gasteiger partial charge is 0.321 e. The van der Waals surface area contributed by atoms with Gasteiger partial charge in [0.25, 0.3) is 5.56 Å². The number of hydrogen-bond donors (Lipinski definition) is 2. The maximum absolute atomic E-state index is 12.4. The standard InChI is InChI=1S/C25H23N5O2/c1-15-12-20-21(13-16(15)2)30(23-22(27-20)24(31)29-25(32)28-23)11-10-26-14-18-8-5-7-17-6-3-4-9-19(17)18/h3-9,12-13,26H,10-11,14H2,1-2H3,(H,29,31,32). The molecule has 2 N–H and O–H groups in total. The van der Waals surface area contributed by atoms with Crippen LogP contribution in [0.15, 0.2) is 64.2 Å². The van der Waals surface area contributed by atoms with E-state index in [1.54, 1.807) is 0 Å². The van der Waals surface area contributed by atoms with Crippen molar-refractivity contribution in [1.82, 2.24) is 24.8 Å². The summed E-state index contributed by atoms with van der Waals surface area (Å²) in [5, 5.41) is 5.93. The van der Waals surface area contributed by atoms with Crippen molar-refractivity contribution in [2.45, 2.75) is 26.9 Å². The van der Waals surface area contributed by atoms with Crippen molar-refractivity contribution >= 4 is 21.8 Å². The topological polar surface area (TPSA) is 92.7 Å². The second kappa shape index (κ2) is 8.01. The molecule has 3 aromatic carbocycles. The molecule has 7 heteroatoms. The molecule has 3 aromatic rings. The van der Waals surface area contributed by atoms with Crippen LogP contribution in [0.1, 0.15) is 16.7 Å². The molecule has 0 unspecified atom stereocenters. The molecule has 0 saturated carbocycles. The van der Waals surface area contributed by atoms with Gasteiger partial charge >= 0.3 is 5.69 Å². The molecule has 0 fully saturated rings. The Balaban J connectivity index is 1.49. The molecule has 0 saturated heterocycles. The highest BCUT2D eigenvalue weighted by Crippen LogP contribution is 2.23. The number of nitrogens with one attached hydrogen (secondary N) is 2. The Bertz CT molecular complexity index is 1550. The van der Waals surface area contributed by atoms with E-state index in [0.29, 0.717) is 31.0 Å². The van der Waals surface area contributed by atoms with E-state index in [0.717, 1.165) is 16.6 Å². The summed E-state index contributed by atoms with van der Waals surface area (Å²) in [4.78, 5) is 35.1. The molecule has 0 radical (unpaired) electrons. The van der Waals surface area contributed by atoms with Gasteiger partial charge in [0.2, 0.25) is 0 Å². The SMILES string of the molecule is Cc1cc2nc3c(=O)[nH]c(=O)nc-3n(CCNCc3cccc4ccccc34)c2cc1C. The normalized spacial score (nSPS) is 11.6. The predicted octanol–water partition coefficient (Wildman–Crippen LogP) is 3.14. The van der Waals surface area contributed by atoms with Gasteiger partial charge in [-0.15, -0.1) is 0 Å². The van der Waals surface area contributed by atoms with Gasteiger partial charge in [-0.2, -0.15) is 4.98 Å². The number of rotatable bonds is 5. The van der Waals surface area contributed by atoms with Crippen molar-refractivity contribution in [3.05, 3.63) is 92.1 Å². The Labute approximate surface area is 184 Å². The first-order chi connectivity index (χ1) is 15.5. The highest BCUT2D eigenvalue weighted by molar-refractivity contribution is 5.85. The van der Waals surface area contributed by atoms with Gasteiger partial charge in [0.05, 0.1) is 11.0 Å². The van der Waals surface area contributed by atoms with Crippen LogP contribution in [0.25, 0.3) is 33.3 Å². The van der Waals surface area contributed by atoms with Gasteiger partial charge in [-0.05, 0) is 53.4 Å². The Morgan fingerprint density at radius 2 is 1.75 bits per heavy atom. The minimum Gasteiger partial charge on any atom is -0.321 e. The first-order valence-corrected chi connectivity index (χ1v) is 10.6. The molecule has 0 aromatic heterocycles. The first-order valence-electron chi connectivity index (χ1n) is 10.6. The molecule has 0 aliphatic carbocycles. The summed E-state index contributed by atoms with van der Waals surface area (Å²) in [7, 11) is 0. The number of aryl methyl sites for hydroxylation is 2. The third kappa shape index (κ3) is 3.56. The van der Waals surface area contributed by atoms with Gasteiger partial charge in [-0.3, -0.25) is 9.78 Å². The van der Waals surface area contributed by atoms with Crippen molar-refractivity contribution in [2.75, 3.05) is 6.54 Å². The van der Waals surface area contributed by atoms with Crippen LogP contribution in [0, 0.1) is 13.8 Å². The van der Waals surface area contributed by atoms with Gasteiger partial charge in [0.15, 0.2) is 11.5 Å². The van der Waals surface area contributed by atoms with Crippen molar-refractivity contribution in [3.63, 3.8) is 0 Å². The molecule has 2 aliphatic rings. The number of aromatic nitrogens is 4. The average Bonchev–Trinajstić information content (AvgIpc) is 2.78. The summed E-state index contributed by atoms with van der Waals surface area (Å²) in [6.07, 6.45) is 0. The van der Waals surface area contributed by atoms with E-state index in [9.17, 15) is 9.59 Å². The highest BCUT2D eigenvalue weighted by Gasteiger charge is 2.19. The lowest BCUT2D eigenvalue weighted by Gasteiger charge is -2.18. The molecule has 2 aliphatic heterocycles. The second-order valence-corrected chi connectivity index (χ2v) is 8.05. The Morgan fingerprint density at radius 3 is 2.62 bits per heavy atom. The van der Waals surface area contributed by atoms with Gasteiger partial charge in [0, 0.05) is 19.6 Å². The van der Waals surface area contributed by atoms with Gasteiger partial charge in [-0.1, -0.05) is 42.5 Å². The highest BCUT2D eigenvalue weighted by atomic mass is 16.2. The van der Waals surface area contributed by atoms with Crippen LogP contribution in [-0.2, 0) is 13.1 Å². The van der Waals surface area contributed by atoms with Crippen molar-refractivity contribution in [2.24, 2.45) is 0 Å². The Hall–Kier alpha value is -3.84. The minimum atomic E-state index is -0.662. The van der Waals surface area contributed by atoms with Crippen LogP contribution in [0.3, 0.4) is 0 Å². The zero-order valence-corrected chi connectivity index (χ0v) is 18.0. The zero-order chi connectivity index (χ0) is 22.2. The molecular weight excluding hydrogens is 402 g/mol. The fraction of sp³-hybridized carbons (Fsp3) is 0.200. The number of benzene rings is 3. The number of hydrogen-bond acceptors (Lipinski definition) is 5. The van der Waals surface area contributed by atoms with Gasteiger partial charge in [-0.25, -0.2) is 9.78 Å². The lowest BCUT2D eigenvalue weighted by molar-refractivity contribution is 0.604. The third-order valence-corrected chi connectivity index (χ3v) is 5.93. The molecule has 32 heavy (non-hydrogen) atoms. The summed E-state index contributed by atoms with van der Waals surface area (Å²) < 4.78 is 1.91. The van der Waals surface area contributed by atoms with E-state index in [2.05, 4.69) is 50.6 Å². The number of nitrogens with zero attached hydrogens (tertiary/aromatic N) is 3. The number of H-pyrrole nitrogens is 1. The fourth-order valence-electron chi connectivity index (χ4n) is 4.14. The van der Waals surface area contributed by atoms with Crippen LogP contribution < -0.4 is 16.6 Å². The quantitative estimate of drug-likeness (QED) is 0.333. The number of aromatic amines is 1. The van der Waals surface area contributed by atoms with E-state index in [-0.39, 0.29) is 5.69 Å². The largest absolute Gasteiger partial charge is 0.349 e. The predicted molar refractivity (Wildman–Crippen MR) is 126 cm³/mol. The molecule has 5 rings (SSSR count). The second-order valence-electron chi connectivity index (χ2n) is 8.05. The van der Waals surface area contributed by atoms with Crippen molar-refractivity contribution < 1.29 is 0 Å². The van der Waals surface area contributed by atoms with Crippen molar-refractivity contribution in [3.8, 4) is 11.5 Å². The van der Waals surface area contributed by atoms with Crippen LogP contribution >= 0.6 is 0 Å². The molecule has 2 heterocycles. The van der Waals surface area contributed by atoms with Crippen LogP contribution in [0.5, 0.6) is 0 Å². The summed E-state index contributed by atoms with van der Waals surface area (Å²) in [5.41, 5.74) is 3.99. The summed E-state index contributed by atoms with van der Waals surface area (Å²) >= 11 is 0. The van der Waals surface area contributed by atoms with E-state index < -0.39 is 11.2 Å². The maximum Gasteiger partial charge on any atom is 0.349 e. The minimum absolute atomic E-state index is 0.175. The summed E-state index contributed by atoms with van der Waals surface area (Å²) in [5.74, 6) is 0.307. The summed E-state index contributed by atoms with van der Waals surface area (Å²) in [6, 6.07) is 18.6. The van der Waals surface area contributed by atoms with Gasteiger partial charge < -0.3 is 9.88 Å². The molecule has 7 nitrogen and oxygen atoms in total. The lowest BCUT2D eigenvalue weighted by Crippen LogP contribution is -2.30. The molecule has 0 amide bonds. The van der Waals surface area contributed by atoms with Crippen molar-refractivity contribution in [1.29, 1.82) is 0 Å². The Kier molecular flexibility index (Phi) is 5.03. The van der Waals surface area contributed by atoms with Gasteiger partial charge in [0.1, 0.15) is 0 Å². The van der Waals surface area contributed by atoms with E-state index >= 15 is 0 Å². The zero-order valence-electron chi connectivity index (χ0n) is 18.0. The first kappa shape index (κ1) is 20.1. The monoisotopic (exact) mass is 425 g/mol. The average molecular weight is 425 g/mol. The van der Waals surface area contributed by atoms with E-state index in [4.69, 9.17) is 0 Å². The van der Waals surface area contributed by atoms with Crippen LogP contribution in [-0.4, -0.2) is 26.1 Å². The fourth-order valence-corrected chi connectivity index (χ4v) is 4.14. The molecule has 0 spiro atoms. The summed E-state index contributed by atoms with van der Waals surface area (Å²) in [6.45, 7) is 5.93. The molecule has 0 atom stereocenters. The molecule has 0 bridgehead atoms.